The predicted octanol–water partition coefficient (Wildman–Crippen LogP) is 3.45. The van der Waals surface area contributed by atoms with Crippen LogP contribution in [0.2, 0.25) is 0 Å². The van der Waals surface area contributed by atoms with Crippen LogP contribution in [0.3, 0.4) is 0 Å². The van der Waals surface area contributed by atoms with Crippen molar-refractivity contribution in [3.05, 3.63) is 71.8 Å². The summed E-state index contributed by atoms with van der Waals surface area (Å²) in [5.74, 6) is -0.0719. The SMILES string of the molecule is COc1cc(C(=O)NC2CC(O)CN(Cc3ccc(OC(F)(F)F)cc3)C2)ccc1-n1cnc(C)c1. The van der Waals surface area contributed by atoms with E-state index < -0.39 is 12.5 Å². The third-order valence-electron chi connectivity index (χ3n) is 5.83. The zero-order chi connectivity index (χ0) is 25.9. The first-order valence-corrected chi connectivity index (χ1v) is 11.3. The molecular formula is C25H27F3N4O4. The summed E-state index contributed by atoms with van der Waals surface area (Å²) in [5, 5.41) is 13.3. The molecule has 0 spiro atoms. The Morgan fingerprint density at radius 2 is 1.94 bits per heavy atom. The predicted molar refractivity (Wildman–Crippen MR) is 125 cm³/mol. The second-order valence-corrected chi connectivity index (χ2v) is 8.75. The lowest BCUT2D eigenvalue weighted by Crippen LogP contribution is -2.52. The highest BCUT2D eigenvalue weighted by Crippen LogP contribution is 2.26. The van der Waals surface area contributed by atoms with Gasteiger partial charge in [0, 0.05) is 37.4 Å². The van der Waals surface area contributed by atoms with E-state index in [-0.39, 0.29) is 17.7 Å². The number of aromatic nitrogens is 2. The number of hydrogen-bond donors (Lipinski definition) is 2. The number of methoxy groups -OCH3 is 1. The molecule has 1 saturated heterocycles. The average molecular weight is 505 g/mol. The molecule has 0 aliphatic carbocycles. The number of imidazole rings is 1. The Kier molecular flexibility index (Phi) is 7.51. The van der Waals surface area contributed by atoms with Gasteiger partial charge in [-0.3, -0.25) is 9.69 Å². The van der Waals surface area contributed by atoms with Crippen molar-refractivity contribution in [3.8, 4) is 17.2 Å². The molecule has 192 valence electrons. The van der Waals surface area contributed by atoms with Gasteiger partial charge in [-0.1, -0.05) is 12.1 Å². The normalized spacial score (nSPS) is 18.6. The molecule has 8 nitrogen and oxygen atoms in total. The second-order valence-electron chi connectivity index (χ2n) is 8.75. The van der Waals surface area contributed by atoms with Gasteiger partial charge < -0.3 is 24.5 Å². The van der Waals surface area contributed by atoms with Crippen molar-refractivity contribution in [3.63, 3.8) is 0 Å². The minimum Gasteiger partial charge on any atom is -0.495 e. The van der Waals surface area contributed by atoms with Gasteiger partial charge in [0.1, 0.15) is 11.5 Å². The molecule has 2 unspecified atom stereocenters. The number of benzene rings is 2. The van der Waals surface area contributed by atoms with E-state index in [0.29, 0.717) is 37.4 Å². The number of ether oxygens (including phenoxy) is 2. The summed E-state index contributed by atoms with van der Waals surface area (Å²) in [6.07, 6.45) is -1.48. The van der Waals surface area contributed by atoms with E-state index in [2.05, 4.69) is 15.0 Å². The van der Waals surface area contributed by atoms with Crippen LogP contribution in [0.15, 0.2) is 55.0 Å². The molecule has 1 aromatic heterocycles. The first-order valence-electron chi connectivity index (χ1n) is 11.3. The molecule has 36 heavy (non-hydrogen) atoms. The van der Waals surface area contributed by atoms with E-state index in [4.69, 9.17) is 4.74 Å². The number of β-amino-alcohol motifs (C(OH)–C–C–N with tert-alkyl or cyclic N) is 1. The van der Waals surface area contributed by atoms with Crippen molar-refractivity contribution in [1.82, 2.24) is 19.8 Å². The fourth-order valence-corrected chi connectivity index (χ4v) is 4.30. The number of amides is 1. The van der Waals surface area contributed by atoms with Gasteiger partial charge in [-0.05, 0) is 49.2 Å². The number of rotatable bonds is 7. The molecule has 11 heteroatoms. The molecule has 0 bridgehead atoms. The quantitative estimate of drug-likeness (QED) is 0.513. The van der Waals surface area contributed by atoms with Gasteiger partial charge in [-0.2, -0.15) is 0 Å². The molecule has 2 aromatic carbocycles. The lowest BCUT2D eigenvalue weighted by atomic mass is 10.0. The Balaban J connectivity index is 1.39. The fraction of sp³-hybridized carbons (Fsp3) is 0.360. The number of aliphatic hydroxyl groups excluding tert-OH is 1. The maximum Gasteiger partial charge on any atom is 0.573 e. The maximum absolute atomic E-state index is 13.0. The number of aryl methyl sites for hydroxylation is 1. The standard InChI is InChI=1S/C25H27F3N4O4/c1-16-11-32(15-29-16)22-8-5-18(9-23(22)35-2)24(34)30-19-10-20(33)14-31(13-19)12-17-3-6-21(7-4-17)36-25(26,27)28/h3-9,11,15,19-20,33H,10,12-14H2,1-2H3,(H,30,34). The van der Waals surface area contributed by atoms with Gasteiger partial charge >= 0.3 is 6.36 Å². The smallest absolute Gasteiger partial charge is 0.495 e. The van der Waals surface area contributed by atoms with E-state index in [0.717, 1.165) is 16.9 Å². The lowest BCUT2D eigenvalue weighted by Gasteiger charge is -2.36. The topological polar surface area (TPSA) is 88.9 Å². The third-order valence-corrected chi connectivity index (χ3v) is 5.83. The minimum absolute atomic E-state index is 0.292. The molecule has 4 rings (SSSR count). The summed E-state index contributed by atoms with van der Waals surface area (Å²) in [6.45, 7) is 3.15. The number of carbonyl (C=O) groups excluding carboxylic acids is 1. The van der Waals surface area contributed by atoms with Gasteiger partial charge in [0.25, 0.3) is 5.91 Å². The van der Waals surface area contributed by atoms with Crippen LogP contribution in [0.4, 0.5) is 13.2 Å². The zero-order valence-corrected chi connectivity index (χ0v) is 19.8. The highest BCUT2D eigenvalue weighted by molar-refractivity contribution is 5.95. The Morgan fingerprint density at radius 1 is 1.19 bits per heavy atom. The number of aliphatic hydroxyl groups is 1. The van der Waals surface area contributed by atoms with Crippen molar-refractivity contribution in [2.45, 2.75) is 38.4 Å². The maximum atomic E-state index is 13.0. The summed E-state index contributed by atoms with van der Waals surface area (Å²) in [6, 6.07) is 10.4. The van der Waals surface area contributed by atoms with Crippen LogP contribution >= 0.6 is 0 Å². The van der Waals surface area contributed by atoms with E-state index in [1.54, 1.807) is 36.7 Å². The van der Waals surface area contributed by atoms with Gasteiger partial charge in [0.05, 0.1) is 30.9 Å². The van der Waals surface area contributed by atoms with E-state index in [9.17, 15) is 23.1 Å². The van der Waals surface area contributed by atoms with Gasteiger partial charge in [-0.15, -0.1) is 13.2 Å². The highest BCUT2D eigenvalue weighted by Gasteiger charge is 2.31. The molecule has 2 heterocycles. The largest absolute Gasteiger partial charge is 0.573 e. The highest BCUT2D eigenvalue weighted by atomic mass is 19.4. The van der Waals surface area contributed by atoms with E-state index in [1.165, 1.54) is 19.2 Å². The number of likely N-dealkylation sites (tertiary alicyclic amines) is 1. The monoisotopic (exact) mass is 504 g/mol. The summed E-state index contributed by atoms with van der Waals surface area (Å²) >= 11 is 0. The van der Waals surface area contributed by atoms with Gasteiger partial charge in [0.2, 0.25) is 0 Å². The van der Waals surface area contributed by atoms with Crippen LogP contribution in [0.1, 0.15) is 28.0 Å². The van der Waals surface area contributed by atoms with Gasteiger partial charge in [0.15, 0.2) is 0 Å². The van der Waals surface area contributed by atoms with Crippen LogP contribution in [0.5, 0.6) is 11.5 Å². The summed E-state index contributed by atoms with van der Waals surface area (Å²) in [7, 11) is 1.53. The molecule has 2 atom stereocenters. The number of carbonyl (C=O) groups is 1. The first-order chi connectivity index (χ1) is 17.1. The number of nitrogens with one attached hydrogen (secondary N) is 1. The molecule has 0 saturated carbocycles. The van der Waals surface area contributed by atoms with Crippen LogP contribution < -0.4 is 14.8 Å². The molecule has 1 aliphatic rings. The Morgan fingerprint density at radius 3 is 2.58 bits per heavy atom. The molecule has 1 aliphatic heterocycles. The van der Waals surface area contributed by atoms with E-state index >= 15 is 0 Å². The van der Waals surface area contributed by atoms with Crippen LogP contribution in [-0.4, -0.2) is 64.2 Å². The molecule has 3 aromatic rings. The minimum atomic E-state index is -4.74. The Hall–Kier alpha value is -3.57. The number of alkyl halides is 3. The van der Waals surface area contributed by atoms with Crippen molar-refractivity contribution < 1.29 is 32.5 Å². The summed E-state index contributed by atoms with van der Waals surface area (Å²) < 4.78 is 48.3. The molecule has 0 radical (unpaired) electrons. The lowest BCUT2D eigenvalue weighted by molar-refractivity contribution is -0.274. The van der Waals surface area contributed by atoms with Crippen molar-refractivity contribution in [2.24, 2.45) is 0 Å². The zero-order valence-electron chi connectivity index (χ0n) is 19.8. The van der Waals surface area contributed by atoms with Crippen LogP contribution in [0.25, 0.3) is 5.69 Å². The second kappa shape index (κ2) is 10.6. The molecule has 2 N–H and O–H groups in total. The number of piperidine rings is 1. The van der Waals surface area contributed by atoms with Crippen molar-refractivity contribution in [1.29, 1.82) is 0 Å². The third kappa shape index (κ3) is 6.55. The Labute approximate surface area is 206 Å². The summed E-state index contributed by atoms with van der Waals surface area (Å²) in [5.41, 5.74) is 2.78. The average Bonchev–Trinajstić information content (AvgIpc) is 3.24. The fourth-order valence-electron chi connectivity index (χ4n) is 4.30. The van der Waals surface area contributed by atoms with E-state index in [1.807, 2.05) is 22.6 Å². The van der Waals surface area contributed by atoms with Crippen LogP contribution in [0, 0.1) is 6.92 Å². The van der Waals surface area contributed by atoms with Crippen molar-refractivity contribution >= 4 is 5.91 Å². The number of nitrogens with zero attached hydrogens (tertiary/aromatic N) is 3. The number of hydrogen-bond acceptors (Lipinski definition) is 6. The Bertz CT molecular complexity index is 1200. The van der Waals surface area contributed by atoms with Crippen molar-refractivity contribution in [2.75, 3.05) is 20.2 Å². The first kappa shape index (κ1) is 25.5. The molecule has 1 amide bonds. The van der Waals surface area contributed by atoms with Gasteiger partial charge in [-0.25, -0.2) is 4.98 Å². The number of halogens is 3. The summed E-state index contributed by atoms with van der Waals surface area (Å²) in [4.78, 5) is 19.1. The molecular weight excluding hydrogens is 477 g/mol. The molecule has 1 fully saturated rings. The van der Waals surface area contributed by atoms with Crippen LogP contribution in [-0.2, 0) is 6.54 Å².